The van der Waals surface area contributed by atoms with Crippen molar-refractivity contribution in [3.8, 4) is 0 Å². The minimum absolute atomic E-state index is 0.433. The van der Waals surface area contributed by atoms with Crippen molar-refractivity contribution in [2.24, 2.45) is 0 Å². The summed E-state index contributed by atoms with van der Waals surface area (Å²) in [5.74, 6) is 0. The second-order valence-electron chi connectivity index (χ2n) is 5.19. The zero-order valence-electron chi connectivity index (χ0n) is 10.5. The predicted octanol–water partition coefficient (Wildman–Crippen LogP) is 3.70. The first-order chi connectivity index (χ1) is 9.33. The molecule has 2 bridgehead atoms. The Morgan fingerprint density at radius 1 is 0.632 bits per heavy atom. The molecule has 2 nitrogen and oxygen atoms in total. The number of rotatable bonds is 2. The smallest absolute Gasteiger partial charge is 0.150 e. The summed E-state index contributed by atoms with van der Waals surface area (Å²) in [4.78, 5) is 11.4. The van der Waals surface area contributed by atoms with E-state index in [-0.39, 0.29) is 0 Å². The van der Waals surface area contributed by atoms with Crippen LogP contribution in [0.2, 0.25) is 0 Å². The van der Waals surface area contributed by atoms with Crippen molar-refractivity contribution in [1.29, 1.82) is 0 Å². The van der Waals surface area contributed by atoms with Crippen LogP contribution in [0, 0.1) is 0 Å². The highest BCUT2D eigenvalue weighted by atomic mass is 17.2. The Kier molecular flexibility index (Phi) is 2.19. The van der Waals surface area contributed by atoms with Crippen molar-refractivity contribution < 1.29 is 9.78 Å². The van der Waals surface area contributed by atoms with Crippen LogP contribution < -0.4 is 0 Å². The van der Waals surface area contributed by atoms with Crippen LogP contribution in [0.4, 0.5) is 0 Å². The summed E-state index contributed by atoms with van der Waals surface area (Å²) >= 11 is 0. The maximum absolute atomic E-state index is 5.70. The molecule has 2 atom stereocenters. The van der Waals surface area contributed by atoms with E-state index in [0.717, 1.165) is 17.5 Å². The molecule has 0 spiro atoms. The predicted molar refractivity (Wildman–Crippen MR) is 72.2 cm³/mol. The lowest BCUT2D eigenvalue weighted by Gasteiger charge is -2.22. The van der Waals surface area contributed by atoms with Crippen molar-refractivity contribution >= 4 is 0 Å². The van der Waals surface area contributed by atoms with Gasteiger partial charge < -0.3 is 0 Å². The van der Waals surface area contributed by atoms with Crippen molar-refractivity contribution in [2.75, 3.05) is 0 Å². The van der Waals surface area contributed by atoms with Crippen molar-refractivity contribution in [3.63, 3.8) is 0 Å². The van der Waals surface area contributed by atoms with Gasteiger partial charge in [0.05, 0.1) is 0 Å². The Bertz CT molecular complexity index is 565. The Balaban J connectivity index is 1.75. The van der Waals surface area contributed by atoms with Crippen molar-refractivity contribution in [1.82, 2.24) is 0 Å². The van der Waals surface area contributed by atoms with E-state index >= 15 is 0 Å². The molecule has 0 amide bonds. The molecule has 1 aliphatic heterocycles. The number of hydrogen-bond acceptors (Lipinski definition) is 2. The van der Waals surface area contributed by atoms with Gasteiger partial charge in [0, 0.05) is 6.42 Å². The van der Waals surface area contributed by atoms with Crippen LogP contribution in [0.5, 0.6) is 0 Å². The normalized spacial score (nSPS) is 31.8. The van der Waals surface area contributed by atoms with Crippen LogP contribution in [0.1, 0.15) is 17.5 Å². The first-order valence-electron chi connectivity index (χ1n) is 6.51. The van der Waals surface area contributed by atoms with E-state index in [1.54, 1.807) is 0 Å². The maximum atomic E-state index is 5.70. The lowest BCUT2D eigenvalue weighted by molar-refractivity contribution is -0.346. The molecular formula is C17H14O2. The number of benzene rings is 2. The molecule has 0 N–H and O–H groups in total. The zero-order chi connectivity index (χ0) is 12.8. The summed E-state index contributed by atoms with van der Waals surface area (Å²) < 4.78 is 0. The monoisotopic (exact) mass is 250 g/mol. The quantitative estimate of drug-likeness (QED) is 0.597. The van der Waals surface area contributed by atoms with E-state index in [0.29, 0.717) is 0 Å². The summed E-state index contributed by atoms with van der Waals surface area (Å²) in [6.45, 7) is 0. The minimum Gasteiger partial charge on any atom is -0.220 e. The van der Waals surface area contributed by atoms with Crippen molar-refractivity contribution in [2.45, 2.75) is 17.6 Å². The molecule has 0 unspecified atom stereocenters. The van der Waals surface area contributed by atoms with E-state index in [1.807, 2.05) is 36.4 Å². The summed E-state index contributed by atoms with van der Waals surface area (Å²) in [7, 11) is 0. The van der Waals surface area contributed by atoms with Crippen LogP contribution in [-0.2, 0) is 21.0 Å². The Hall–Kier alpha value is -1.90. The Morgan fingerprint density at radius 3 is 1.42 bits per heavy atom. The standard InChI is InChI=1S/C17H14O2/c1-3-7-14(8-4-1)16-11-12-17(13-16,19-18-16)15-9-5-2-6-10-15/h1-12H,13H2/t16-,17+. The third-order valence-corrected chi connectivity index (χ3v) is 4.01. The lowest BCUT2D eigenvalue weighted by Crippen LogP contribution is -2.20. The molecule has 19 heavy (non-hydrogen) atoms. The molecule has 2 aromatic carbocycles. The average molecular weight is 250 g/mol. The fraction of sp³-hybridized carbons (Fsp3) is 0.176. The van der Waals surface area contributed by atoms with Gasteiger partial charge in [0.25, 0.3) is 0 Å². The molecule has 1 heterocycles. The Morgan fingerprint density at radius 2 is 1.05 bits per heavy atom. The van der Waals surface area contributed by atoms with E-state index < -0.39 is 11.2 Å². The highest BCUT2D eigenvalue weighted by molar-refractivity contribution is 5.40. The highest BCUT2D eigenvalue weighted by Gasteiger charge is 2.55. The lowest BCUT2D eigenvalue weighted by atomic mass is 9.86. The molecule has 0 radical (unpaired) electrons. The molecule has 0 saturated carbocycles. The fourth-order valence-corrected chi connectivity index (χ4v) is 2.97. The molecule has 4 rings (SSSR count). The molecular weight excluding hydrogens is 236 g/mol. The van der Waals surface area contributed by atoms with E-state index in [1.165, 1.54) is 0 Å². The molecule has 94 valence electrons. The average Bonchev–Trinajstić information content (AvgIpc) is 3.08. The van der Waals surface area contributed by atoms with Gasteiger partial charge in [0.1, 0.15) is 0 Å². The number of fused-ring (bicyclic) bond motifs is 2. The van der Waals surface area contributed by atoms with Gasteiger partial charge in [0.2, 0.25) is 0 Å². The van der Waals surface area contributed by atoms with Gasteiger partial charge in [-0.05, 0) is 23.3 Å². The van der Waals surface area contributed by atoms with E-state index in [4.69, 9.17) is 9.78 Å². The van der Waals surface area contributed by atoms with Gasteiger partial charge in [-0.2, -0.15) is 0 Å². The molecule has 2 aliphatic rings. The molecule has 1 fully saturated rings. The Labute approximate surface area is 112 Å². The van der Waals surface area contributed by atoms with Gasteiger partial charge in [-0.25, -0.2) is 9.78 Å². The first-order valence-corrected chi connectivity index (χ1v) is 6.51. The third-order valence-electron chi connectivity index (χ3n) is 4.01. The van der Waals surface area contributed by atoms with Crippen LogP contribution in [0.25, 0.3) is 0 Å². The zero-order valence-corrected chi connectivity index (χ0v) is 10.5. The van der Waals surface area contributed by atoms with E-state index in [2.05, 4.69) is 36.4 Å². The fourth-order valence-electron chi connectivity index (χ4n) is 2.97. The number of hydrogen-bond donors (Lipinski definition) is 0. The van der Waals surface area contributed by atoms with Gasteiger partial charge in [-0.3, -0.25) is 0 Å². The summed E-state index contributed by atoms with van der Waals surface area (Å²) in [5.41, 5.74) is 1.41. The molecule has 2 heteroatoms. The van der Waals surface area contributed by atoms with Gasteiger partial charge in [-0.1, -0.05) is 60.7 Å². The summed E-state index contributed by atoms with van der Waals surface area (Å²) in [5, 5.41) is 0. The molecule has 2 aromatic rings. The summed E-state index contributed by atoms with van der Waals surface area (Å²) in [6, 6.07) is 20.5. The first kappa shape index (κ1) is 11.0. The van der Waals surface area contributed by atoms with Crippen molar-refractivity contribution in [3.05, 3.63) is 83.9 Å². The second-order valence-corrected chi connectivity index (χ2v) is 5.19. The SMILES string of the molecule is C1=C[C@@]2(c3ccccc3)C[C@]1(c1ccccc1)OO2. The van der Waals surface area contributed by atoms with Crippen LogP contribution in [0.15, 0.2) is 72.8 Å². The highest BCUT2D eigenvalue weighted by Crippen LogP contribution is 2.54. The third kappa shape index (κ3) is 1.51. The topological polar surface area (TPSA) is 18.5 Å². The van der Waals surface area contributed by atoms with Crippen LogP contribution >= 0.6 is 0 Å². The second kappa shape index (κ2) is 3.80. The van der Waals surface area contributed by atoms with E-state index in [9.17, 15) is 0 Å². The molecule has 1 saturated heterocycles. The maximum Gasteiger partial charge on any atom is 0.150 e. The summed E-state index contributed by atoms with van der Waals surface area (Å²) in [6.07, 6.45) is 5.05. The van der Waals surface area contributed by atoms with Crippen LogP contribution in [-0.4, -0.2) is 0 Å². The molecule has 1 aliphatic carbocycles. The minimum atomic E-state index is -0.433. The molecule has 0 aromatic heterocycles. The largest absolute Gasteiger partial charge is 0.220 e. The van der Waals surface area contributed by atoms with Gasteiger partial charge >= 0.3 is 0 Å². The van der Waals surface area contributed by atoms with Gasteiger partial charge in [0.15, 0.2) is 11.2 Å². The van der Waals surface area contributed by atoms with Gasteiger partial charge in [-0.15, -0.1) is 0 Å². The van der Waals surface area contributed by atoms with Crippen LogP contribution in [0.3, 0.4) is 0 Å².